The summed E-state index contributed by atoms with van der Waals surface area (Å²) in [5.74, 6) is -1.79. The molecule has 0 radical (unpaired) electrons. The number of aliphatic carboxylic acids is 1. The number of hydrogen-bond donors (Lipinski definition) is 2. The van der Waals surface area contributed by atoms with Gasteiger partial charge in [-0.1, -0.05) is 0 Å². The van der Waals surface area contributed by atoms with Gasteiger partial charge in [-0.2, -0.15) is 0 Å². The second kappa shape index (κ2) is 4.52. The molecule has 2 N–H and O–H groups in total. The van der Waals surface area contributed by atoms with Crippen LogP contribution in [0.2, 0.25) is 0 Å². The lowest BCUT2D eigenvalue weighted by Crippen LogP contribution is -2.12. The van der Waals surface area contributed by atoms with Gasteiger partial charge >= 0.3 is 5.97 Å². The van der Waals surface area contributed by atoms with E-state index in [1.165, 1.54) is 6.20 Å². The van der Waals surface area contributed by atoms with Crippen LogP contribution in [-0.4, -0.2) is 27.9 Å². The Bertz CT molecular complexity index is 612. The predicted octanol–water partition coefficient (Wildman–Crippen LogP) is 2.22. The molecule has 94 valence electrons. The number of hydrogen-bond acceptors (Lipinski definition) is 3. The van der Waals surface area contributed by atoms with Crippen LogP contribution in [0, 0.1) is 0 Å². The van der Waals surface area contributed by atoms with E-state index in [9.17, 15) is 9.59 Å². The summed E-state index contributed by atoms with van der Waals surface area (Å²) < 4.78 is 5.51. The van der Waals surface area contributed by atoms with Crippen molar-refractivity contribution < 1.29 is 19.4 Å². The maximum absolute atomic E-state index is 11.5. The molecule has 0 fully saturated rings. The number of rotatable bonds is 4. The van der Waals surface area contributed by atoms with Crippen LogP contribution >= 0.6 is 0 Å². The molecule has 0 aliphatic heterocycles. The topological polar surface area (TPSA) is 79.4 Å². The number of benzene rings is 1. The molecule has 0 bridgehead atoms. The highest BCUT2D eigenvalue weighted by Crippen LogP contribution is 2.24. The largest absolute Gasteiger partial charge is 0.491 e. The van der Waals surface area contributed by atoms with E-state index in [-0.39, 0.29) is 11.7 Å². The average Bonchev–Trinajstić information content (AvgIpc) is 2.70. The highest BCUT2D eigenvalue weighted by molar-refractivity contribution is 6.42. The zero-order valence-corrected chi connectivity index (χ0v) is 10.1. The van der Waals surface area contributed by atoms with Gasteiger partial charge in [0, 0.05) is 17.1 Å². The number of fused-ring (bicyclic) bond motifs is 1. The van der Waals surface area contributed by atoms with E-state index in [0.29, 0.717) is 16.7 Å². The Morgan fingerprint density at radius 3 is 2.67 bits per heavy atom. The zero-order valence-electron chi connectivity index (χ0n) is 10.1. The van der Waals surface area contributed by atoms with Crippen molar-refractivity contribution in [1.29, 1.82) is 0 Å². The van der Waals surface area contributed by atoms with E-state index in [0.717, 1.165) is 0 Å². The Morgan fingerprint density at radius 1 is 1.33 bits per heavy atom. The van der Waals surface area contributed by atoms with Gasteiger partial charge in [0.15, 0.2) is 0 Å². The van der Waals surface area contributed by atoms with Crippen LogP contribution in [0.15, 0.2) is 24.4 Å². The highest BCUT2D eigenvalue weighted by Gasteiger charge is 2.19. The van der Waals surface area contributed by atoms with E-state index in [2.05, 4.69) is 4.98 Å². The Morgan fingerprint density at radius 2 is 2.06 bits per heavy atom. The van der Waals surface area contributed by atoms with Gasteiger partial charge in [-0.25, -0.2) is 4.79 Å². The van der Waals surface area contributed by atoms with Crippen LogP contribution in [0.4, 0.5) is 0 Å². The average molecular weight is 247 g/mol. The third kappa shape index (κ3) is 2.20. The first kappa shape index (κ1) is 12.2. The summed E-state index contributed by atoms with van der Waals surface area (Å²) in [4.78, 5) is 25.1. The molecule has 1 aromatic carbocycles. The van der Waals surface area contributed by atoms with Gasteiger partial charge in [0.1, 0.15) is 5.75 Å². The molecule has 18 heavy (non-hydrogen) atoms. The number of H-pyrrole nitrogens is 1. The minimum absolute atomic E-state index is 0.0139. The molecule has 5 heteroatoms. The van der Waals surface area contributed by atoms with Gasteiger partial charge in [-0.05, 0) is 32.0 Å². The third-order valence-electron chi connectivity index (χ3n) is 2.46. The molecule has 0 saturated carbocycles. The van der Waals surface area contributed by atoms with Gasteiger partial charge < -0.3 is 14.8 Å². The first-order valence-corrected chi connectivity index (χ1v) is 5.54. The summed E-state index contributed by atoms with van der Waals surface area (Å²) in [7, 11) is 0. The number of Topliss-reactive ketones (excluding diaryl/α,β-unsaturated/α-hetero) is 1. The van der Waals surface area contributed by atoms with Crippen molar-refractivity contribution in [2.24, 2.45) is 0 Å². The number of carboxylic acids is 1. The number of nitrogens with one attached hydrogen (secondary N) is 1. The van der Waals surface area contributed by atoms with Crippen molar-refractivity contribution in [2.75, 3.05) is 0 Å². The lowest BCUT2D eigenvalue weighted by atomic mass is 10.1. The van der Waals surface area contributed by atoms with Crippen molar-refractivity contribution in [1.82, 2.24) is 4.98 Å². The number of ketones is 1. The van der Waals surface area contributed by atoms with Gasteiger partial charge in [-0.3, -0.25) is 4.79 Å². The monoisotopic (exact) mass is 247 g/mol. The molecule has 0 atom stereocenters. The van der Waals surface area contributed by atoms with Crippen LogP contribution in [-0.2, 0) is 4.79 Å². The Hall–Kier alpha value is -2.30. The maximum Gasteiger partial charge on any atom is 0.377 e. The molecular weight excluding hydrogens is 234 g/mol. The number of carbonyl (C=O) groups is 2. The number of aromatic amines is 1. The summed E-state index contributed by atoms with van der Waals surface area (Å²) in [6.45, 7) is 3.79. The van der Waals surface area contributed by atoms with E-state index in [1.807, 2.05) is 13.8 Å². The van der Waals surface area contributed by atoms with Crippen molar-refractivity contribution in [3.05, 3.63) is 30.0 Å². The van der Waals surface area contributed by atoms with Gasteiger partial charge in [-0.15, -0.1) is 0 Å². The normalized spacial score (nSPS) is 10.8. The highest BCUT2D eigenvalue weighted by atomic mass is 16.5. The smallest absolute Gasteiger partial charge is 0.377 e. The molecule has 2 rings (SSSR count). The number of carbonyl (C=O) groups excluding carboxylic acids is 1. The molecular formula is C13H13NO4. The van der Waals surface area contributed by atoms with E-state index in [1.54, 1.807) is 18.2 Å². The Labute approximate surface area is 103 Å². The van der Waals surface area contributed by atoms with E-state index < -0.39 is 11.8 Å². The molecule has 1 heterocycles. The number of aromatic nitrogens is 1. The number of carboxylic acid groups (broad SMARTS) is 1. The van der Waals surface area contributed by atoms with Crippen LogP contribution < -0.4 is 4.74 Å². The summed E-state index contributed by atoms with van der Waals surface area (Å²) in [5.41, 5.74) is 0.849. The van der Waals surface area contributed by atoms with Crippen molar-refractivity contribution in [2.45, 2.75) is 20.0 Å². The second-order valence-corrected chi connectivity index (χ2v) is 4.21. The van der Waals surface area contributed by atoms with Crippen LogP contribution in [0.25, 0.3) is 10.9 Å². The fourth-order valence-electron chi connectivity index (χ4n) is 1.75. The summed E-state index contributed by atoms with van der Waals surface area (Å²) >= 11 is 0. The summed E-state index contributed by atoms with van der Waals surface area (Å²) in [6.07, 6.45) is 1.42. The molecule has 5 nitrogen and oxygen atoms in total. The zero-order chi connectivity index (χ0) is 13.3. The lowest BCUT2D eigenvalue weighted by molar-refractivity contribution is -0.131. The van der Waals surface area contributed by atoms with Crippen molar-refractivity contribution >= 4 is 22.7 Å². The fourth-order valence-corrected chi connectivity index (χ4v) is 1.75. The van der Waals surface area contributed by atoms with Gasteiger partial charge in [0.05, 0.1) is 11.7 Å². The van der Waals surface area contributed by atoms with Gasteiger partial charge in [0.25, 0.3) is 5.78 Å². The minimum Gasteiger partial charge on any atom is -0.491 e. The molecule has 0 aliphatic carbocycles. The quantitative estimate of drug-likeness (QED) is 0.641. The van der Waals surface area contributed by atoms with Crippen LogP contribution in [0.5, 0.6) is 5.75 Å². The van der Waals surface area contributed by atoms with Crippen LogP contribution in [0.3, 0.4) is 0 Å². The van der Waals surface area contributed by atoms with Gasteiger partial charge in [0.2, 0.25) is 0 Å². The second-order valence-electron chi connectivity index (χ2n) is 4.21. The Kier molecular flexibility index (Phi) is 3.06. The molecule has 0 amide bonds. The molecule has 0 spiro atoms. The fraction of sp³-hybridized carbons (Fsp3) is 0.231. The molecule has 0 unspecified atom stereocenters. The summed E-state index contributed by atoms with van der Waals surface area (Å²) in [5, 5.41) is 9.29. The molecule has 2 aromatic rings. The molecule has 1 aromatic heterocycles. The maximum atomic E-state index is 11.5. The molecule has 0 aliphatic rings. The van der Waals surface area contributed by atoms with E-state index in [4.69, 9.17) is 9.84 Å². The van der Waals surface area contributed by atoms with Crippen LogP contribution in [0.1, 0.15) is 24.2 Å². The first-order valence-electron chi connectivity index (χ1n) is 5.54. The predicted molar refractivity (Wildman–Crippen MR) is 66.0 cm³/mol. The first-order chi connectivity index (χ1) is 8.49. The van der Waals surface area contributed by atoms with E-state index >= 15 is 0 Å². The molecule has 0 saturated heterocycles. The minimum atomic E-state index is -1.47. The lowest BCUT2D eigenvalue weighted by Gasteiger charge is -2.09. The summed E-state index contributed by atoms with van der Waals surface area (Å²) in [6, 6.07) is 5.20. The Balaban J connectivity index is 2.49. The standard InChI is InChI=1S/C13H13NO4/c1-7(2)18-8-3-4-11-9(5-8)10(6-14-11)12(15)13(16)17/h3-7,14H,1-2H3,(H,16,17). The third-order valence-corrected chi connectivity index (χ3v) is 2.46. The number of ether oxygens (including phenoxy) is 1. The SMILES string of the molecule is CC(C)Oc1ccc2[nH]cc(C(=O)C(=O)O)c2c1. The van der Waals surface area contributed by atoms with Crippen molar-refractivity contribution in [3.63, 3.8) is 0 Å². The van der Waals surface area contributed by atoms with Crippen molar-refractivity contribution in [3.8, 4) is 5.75 Å².